The summed E-state index contributed by atoms with van der Waals surface area (Å²) >= 11 is 0. The summed E-state index contributed by atoms with van der Waals surface area (Å²) < 4.78 is 0. The van der Waals surface area contributed by atoms with Crippen LogP contribution < -0.4 is 5.32 Å². The predicted molar refractivity (Wildman–Crippen MR) is 89.3 cm³/mol. The summed E-state index contributed by atoms with van der Waals surface area (Å²) in [7, 11) is 4.30. The number of likely N-dealkylation sites (N-methyl/N-ethyl adjacent to an activating group) is 2. The molecular formula is C18H32N2. The fourth-order valence-corrected chi connectivity index (χ4v) is 2.83. The molecule has 1 N–H and O–H groups in total. The molecule has 0 saturated carbocycles. The van der Waals surface area contributed by atoms with Crippen LogP contribution in [0.25, 0.3) is 0 Å². The minimum atomic E-state index is 0.404. The van der Waals surface area contributed by atoms with Gasteiger partial charge in [-0.25, -0.2) is 0 Å². The van der Waals surface area contributed by atoms with Crippen LogP contribution >= 0.6 is 0 Å². The maximum atomic E-state index is 3.46. The van der Waals surface area contributed by atoms with Crippen molar-refractivity contribution in [1.82, 2.24) is 10.2 Å². The Balaban J connectivity index is 2.75. The highest BCUT2D eigenvalue weighted by Crippen LogP contribution is 2.20. The third-order valence-electron chi connectivity index (χ3n) is 4.39. The van der Waals surface area contributed by atoms with Gasteiger partial charge in [0.2, 0.25) is 0 Å². The standard InChI is InChI=1S/C18H32N2/c1-7-17(8-2)20(6)13-18(19-5)16-11-9-15(10-12-16)14(3)4/h9-12,14,17-19H,7-8,13H2,1-6H3. The van der Waals surface area contributed by atoms with Crippen molar-refractivity contribution in [2.75, 3.05) is 20.6 Å². The molecule has 0 heterocycles. The van der Waals surface area contributed by atoms with E-state index in [4.69, 9.17) is 0 Å². The monoisotopic (exact) mass is 276 g/mol. The quantitative estimate of drug-likeness (QED) is 0.766. The van der Waals surface area contributed by atoms with E-state index in [1.165, 1.54) is 24.0 Å². The second kappa shape index (κ2) is 8.43. The Kier molecular flexibility index (Phi) is 7.25. The maximum Gasteiger partial charge on any atom is 0.0446 e. The number of hydrogen-bond donors (Lipinski definition) is 1. The van der Waals surface area contributed by atoms with Crippen molar-refractivity contribution in [2.24, 2.45) is 0 Å². The van der Waals surface area contributed by atoms with Crippen LogP contribution in [0.5, 0.6) is 0 Å². The summed E-state index contributed by atoms with van der Waals surface area (Å²) in [5.74, 6) is 0.601. The van der Waals surface area contributed by atoms with Gasteiger partial charge in [-0.05, 0) is 44.0 Å². The first-order valence-corrected chi connectivity index (χ1v) is 8.00. The van der Waals surface area contributed by atoms with Crippen molar-refractivity contribution < 1.29 is 0 Å². The van der Waals surface area contributed by atoms with E-state index in [2.05, 4.69) is 76.3 Å². The molecule has 0 aromatic heterocycles. The third kappa shape index (κ3) is 4.60. The Labute approximate surface area is 125 Å². The van der Waals surface area contributed by atoms with E-state index in [0.717, 1.165) is 6.54 Å². The fraction of sp³-hybridized carbons (Fsp3) is 0.667. The molecule has 2 heteroatoms. The summed E-state index contributed by atoms with van der Waals surface area (Å²) in [6, 6.07) is 10.2. The second-order valence-electron chi connectivity index (χ2n) is 6.07. The van der Waals surface area contributed by atoms with E-state index in [1.807, 2.05) is 0 Å². The van der Waals surface area contributed by atoms with Crippen molar-refractivity contribution in [3.05, 3.63) is 35.4 Å². The average molecular weight is 276 g/mol. The van der Waals surface area contributed by atoms with Crippen LogP contribution in [0.1, 0.15) is 63.6 Å². The van der Waals surface area contributed by atoms with Gasteiger partial charge in [-0.15, -0.1) is 0 Å². The van der Waals surface area contributed by atoms with Crippen molar-refractivity contribution in [3.8, 4) is 0 Å². The number of hydrogen-bond acceptors (Lipinski definition) is 2. The molecular weight excluding hydrogens is 244 g/mol. The van der Waals surface area contributed by atoms with E-state index in [0.29, 0.717) is 18.0 Å². The first-order valence-electron chi connectivity index (χ1n) is 8.00. The number of benzene rings is 1. The SMILES string of the molecule is CCC(CC)N(C)CC(NC)c1ccc(C(C)C)cc1. The van der Waals surface area contributed by atoms with Crippen molar-refractivity contribution in [1.29, 1.82) is 0 Å². The highest BCUT2D eigenvalue weighted by atomic mass is 15.1. The Hall–Kier alpha value is -0.860. The molecule has 2 nitrogen and oxygen atoms in total. The van der Waals surface area contributed by atoms with E-state index in [1.54, 1.807) is 0 Å². The molecule has 1 atom stereocenters. The molecule has 1 aromatic rings. The Morgan fingerprint density at radius 2 is 1.50 bits per heavy atom. The summed E-state index contributed by atoms with van der Waals surface area (Å²) in [6.45, 7) is 10.1. The molecule has 1 rings (SSSR count). The number of nitrogens with one attached hydrogen (secondary N) is 1. The van der Waals surface area contributed by atoms with Crippen LogP contribution in [0.15, 0.2) is 24.3 Å². The maximum absolute atomic E-state index is 3.46. The molecule has 114 valence electrons. The average Bonchev–Trinajstić information content (AvgIpc) is 2.46. The normalized spacial score (nSPS) is 13.4. The summed E-state index contributed by atoms with van der Waals surface area (Å²) in [6.07, 6.45) is 2.44. The predicted octanol–water partition coefficient (Wildman–Crippen LogP) is 4.19. The third-order valence-corrected chi connectivity index (χ3v) is 4.39. The lowest BCUT2D eigenvalue weighted by Gasteiger charge is -2.30. The van der Waals surface area contributed by atoms with Gasteiger partial charge in [-0.1, -0.05) is 52.0 Å². The molecule has 0 aliphatic carbocycles. The molecule has 20 heavy (non-hydrogen) atoms. The zero-order valence-electron chi connectivity index (χ0n) is 14.1. The topological polar surface area (TPSA) is 15.3 Å². The lowest BCUT2D eigenvalue weighted by molar-refractivity contribution is 0.209. The second-order valence-corrected chi connectivity index (χ2v) is 6.07. The Bertz CT molecular complexity index is 366. The van der Waals surface area contributed by atoms with Crippen molar-refractivity contribution in [2.45, 2.75) is 58.5 Å². The molecule has 0 bridgehead atoms. The first-order chi connectivity index (χ1) is 9.53. The summed E-state index contributed by atoms with van der Waals surface area (Å²) in [5, 5.41) is 3.46. The smallest absolute Gasteiger partial charge is 0.0446 e. The van der Waals surface area contributed by atoms with E-state index in [-0.39, 0.29) is 0 Å². The molecule has 0 aliphatic heterocycles. The molecule has 0 spiro atoms. The van der Waals surface area contributed by atoms with Crippen LogP contribution in [0.4, 0.5) is 0 Å². The van der Waals surface area contributed by atoms with E-state index in [9.17, 15) is 0 Å². The van der Waals surface area contributed by atoms with Gasteiger partial charge in [0.1, 0.15) is 0 Å². The van der Waals surface area contributed by atoms with Crippen LogP contribution in [0, 0.1) is 0 Å². The lowest BCUT2D eigenvalue weighted by atomic mass is 9.98. The minimum absolute atomic E-state index is 0.404. The molecule has 0 fully saturated rings. The Morgan fingerprint density at radius 3 is 1.90 bits per heavy atom. The van der Waals surface area contributed by atoms with E-state index >= 15 is 0 Å². The fourth-order valence-electron chi connectivity index (χ4n) is 2.83. The van der Waals surface area contributed by atoms with Gasteiger partial charge in [0.15, 0.2) is 0 Å². The lowest BCUT2D eigenvalue weighted by Crippen LogP contribution is -2.37. The summed E-state index contributed by atoms with van der Waals surface area (Å²) in [5.41, 5.74) is 2.80. The number of rotatable bonds is 8. The van der Waals surface area contributed by atoms with Crippen molar-refractivity contribution in [3.63, 3.8) is 0 Å². The minimum Gasteiger partial charge on any atom is -0.312 e. The van der Waals surface area contributed by atoms with Gasteiger partial charge in [-0.3, -0.25) is 0 Å². The van der Waals surface area contributed by atoms with Gasteiger partial charge >= 0.3 is 0 Å². The molecule has 0 saturated heterocycles. The zero-order valence-corrected chi connectivity index (χ0v) is 14.1. The van der Waals surface area contributed by atoms with Crippen LogP contribution in [-0.2, 0) is 0 Å². The van der Waals surface area contributed by atoms with Crippen LogP contribution in [0.3, 0.4) is 0 Å². The van der Waals surface area contributed by atoms with Gasteiger partial charge in [0, 0.05) is 18.6 Å². The van der Waals surface area contributed by atoms with Gasteiger partial charge < -0.3 is 10.2 Å². The highest BCUT2D eigenvalue weighted by Gasteiger charge is 2.16. The zero-order chi connectivity index (χ0) is 15.1. The van der Waals surface area contributed by atoms with E-state index < -0.39 is 0 Å². The summed E-state index contributed by atoms with van der Waals surface area (Å²) in [4.78, 5) is 2.48. The number of nitrogens with zero attached hydrogens (tertiary/aromatic N) is 1. The largest absolute Gasteiger partial charge is 0.312 e. The molecule has 1 aromatic carbocycles. The molecule has 0 aliphatic rings. The highest BCUT2D eigenvalue weighted by molar-refractivity contribution is 5.27. The first kappa shape index (κ1) is 17.2. The molecule has 0 amide bonds. The van der Waals surface area contributed by atoms with Crippen LogP contribution in [0.2, 0.25) is 0 Å². The van der Waals surface area contributed by atoms with Crippen LogP contribution in [-0.4, -0.2) is 31.6 Å². The van der Waals surface area contributed by atoms with Gasteiger partial charge in [0.25, 0.3) is 0 Å². The Morgan fingerprint density at radius 1 is 1.00 bits per heavy atom. The molecule has 0 radical (unpaired) electrons. The van der Waals surface area contributed by atoms with Crippen molar-refractivity contribution >= 4 is 0 Å². The molecule has 1 unspecified atom stereocenters. The van der Waals surface area contributed by atoms with Gasteiger partial charge in [0.05, 0.1) is 0 Å². The van der Waals surface area contributed by atoms with Gasteiger partial charge in [-0.2, -0.15) is 0 Å².